The van der Waals surface area contributed by atoms with Gasteiger partial charge in [-0.1, -0.05) is 5.16 Å². The molecule has 1 aromatic heterocycles. The van der Waals surface area contributed by atoms with E-state index in [0.29, 0.717) is 17.2 Å². The Bertz CT molecular complexity index is 963. The Kier molecular flexibility index (Phi) is 5.87. The maximum atomic E-state index is 13.0. The van der Waals surface area contributed by atoms with Gasteiger partial charge >= 0.3 is 0 Å². The zero-order chi connectivity index (χ0) is 20.1. The van der Waals surface area contributed by atoms with E-state index in [9.17, 15) is 13.2 Å². The van der Waals surface area contributed by atoms with Crippen molar-refractivity contribution in [1.82, 2.24) is 14.8 Å². The van der Waals surface area contributed by atoms with E-state index < -0.39 is 22.0 Å². The molecule has 1 amide bonds. The number of rotatable bonds is 6. The minimum absolute atomic E-state index is 0.0166. The van der Waals surface area contributed by atoms with Gasteiger partial charge in [-0.2, -0.15) is 4.31 Å². The summed E-state index contributed by atoms with van der Waals surface area (Å²) < 4.78 is 32.6. The van der Waals surface area contributed by atoms with Crippen molar-refractivity contribution in [1.29, 1.82) is 0 Å². The molecule has 1 aliphatic heterocycles. The van der Waals surface area contributed by atoms with Crippen LogP contribution in [0.3, 0.4) is 0 Å². The van der Waals surface area contributed by atoms with Gasteiger partial charge < -0.3 is 9.57 Å². The second kappa shape index (κ2) is 8.33. The van der Waals surface area contributed by atoms with E-state index in [2.05, 4.69) is 15.0 Å². The Morgan fingerprint density at radius 3 is 2.46 bits per heavy atom. The molecule has 11 heteroatoms. The Morgan fingerprint density at radius 2 is 1.86 bits per heavy atom. The summed E-state index contributed by atoms with van der Waals surface area (Å²) in [6, 6.07) is 7.99. The van der Waals surface area contributed by atoms with E-state index in [1.54, 1.807) is 24.5 Å². The molecule has 2 aromatic rings. The topological polar surface area (TPSA) is 130 Å². The summed E-state index contributed by atoms with van der Waals surface area (Å²) in [5.74, 6) is 0.158. The van der Waals surface area contributed by atoms with Crippen molar-refractivity contribution in [2.24, 2.45) is 5.16 Å². The number of oxime groups is 1. The quantitative estimate of drug-likeness (QED) is 0.543. The normalized spacial score (nSPS) is 18.8. The summed E-state index contributed by atoms with van der Waals surface area (Å²) in [6.45, 7) is -0.122. The highest BCUT2D eigenvalue weighted by molar-refractivity contribution is 7.89. The number of amides is 1. The van der Waals surface area contributed by atoms with Gasteiger partial charge in [-0.05, 0) is 36.4 Å². The molecule has 1 aromatic carbocycles. The number of sulfonamides is 1. The molecule has 0 aliphatic carbocycles. The van der Waals surface area contributed by atoms with Gasteiger partial charge in [0.25, 0.3) is 5.91 Å². The SMILES string of the molecule is CON=C1CC(C(=O)NO)N(S(=O)(=O)c2ccc(Oc3ccncc3)cc2)C1. The molecule has 0 radical (unpaired) electrons. The fourth-order valence-electron chi connectivity index (χ4n) is 2.78. The second-order valence-electron chi connectivity index (χ2n) is 5.84. The second-order valence-corrected chi connectivity index (χ2v) is 7.73. The van der Waals surface area contributed by atoms with E-state index in [-0.39, 0.29) is 17.9 Å². The molecule has 1 aliphatic rings. The summed E-state index contributed by atoms with van der Waals surface area (Å²) >= 11 is 0. The van der Waals surface area contributed by atoms with Crippen molar-refractivity contribution < 1.29 is 28.0 Å². The zero-order valence-corrected chi connectivity index (χ0v) is 15.7. The first-order chi connectivity index (χ1) is 13.5. The molecule has 148 valence electrons. The van der Waals surface area contributed by atoms with Gasteiger partial charge in [0.2, 0.25) is 10.0 Å². The lowest BCUT2D eigenvalue weighted by molar-refractivity contribution is -0.132. The van der Waals surface area contributed by atoms with Gasteiger partial charge in [-0.3, -0.25) is 15.0 Å². The summed E-state index contributed by atoms with van der Waals surface area (Å²) in [5, 5.41) is 12.7. The number of carbonyl (C=O) groups is 1. The summed E-state index contributed by atoms with van der Waals surface area (Å²) in [7, 11) is -2.70. The number of carbonyl (C=O) groups excluding carboxylic acids is 1. The fraction of sp³-hybridized carbons (Fsp3) is 0.235. The van der Waals surface area contributed by atoms with Crippen LogP contribution in [-0.4, -0.2) is 54.2 Å². The Labute approximate surface area is 161 Å². The summed E-state index contributed by atoms with van der Waals surface area (Å²) in [5.41, 5.74) is 1.87. The van der Waals surface area contributed by atoms with Crippen LogP contribution < -0.4 is 10.2 Å². The highest BCUT2D eigenvalue weighted by Crippen LogP contribution is 2.28. The molecule has 0 spiro atoms. The minimum atomic E-state index is -4.02. The van der Waals surface area contributed by atoms with Crippen LogP contribution in [0.25, 0.3) is 0 Å². The Morgan fingerprint density at radius 1 is 1.21 bits per heavy atom. The van der Waals surface area contributed by atoms with Crippen LogP contribution in [0.15, 0.2) is 58.8 Å². The highest BCUT2D eigenvalue weighted by atomic mass is 32.2. The third kappa shape index (κ3) is 4.11. The average molecular weight is 406 g/mol. The maximum absolute atomic E-state index is 13.0. The lowest BCUT2D eigenvalue weighted by Crippen LogP contribution is -2.44. The van der Waals surface area contributed by atoms with Crippen LogP contribution in [-0.2, 0) is 19.7 Å². The van der Waals surface area contributed by atoms with Gasteiger partial charge in [0.05, 0.1) is 17.2 Å². The molecule has 10 nitrogen and oxygen atoms in total. The van der Waals surface area contributed by atoms with Crippen LogP contribution in [0.4, 0.5) is 0 Å². The molecule has 0 saturated carbocycles. The number of aromatic nitrogens is 1. The van der Waals surface area contributed by atoms with E-state index in [0.717, 1.165) is 4.31 Å². The first kappa shape index (κ1) is 19.7. The first-order valence-electron chi connectivity index (χ1n) is 8.18. The van der Waals surface area contributed by atoms with Crippen LogP contribution in [0, 0.1) is 0 Å². The molecule has 1 saturated heterocycles. The Balaban J connectivity index is 1.84. The van der Waals surface area contributed by atoms with Crippen molar-refractivity contribution >= 4 is 21.6 Å². The minimum Gasteiger partial charge on any atom is -0.457 e. The predicted molar refractivity (Wildman–Crippen MR) is 97.4 cm³/mol. The van der Waals surface area contributed by atoms with E-state index in [4.69, 9.17) is 9.94 Å². The van der Waals surface area contributed by atoms with Gasteiger partial charge in [-0.15, -0.1) is 0 Å². The molecular formula is C17H18N4O6S. The smallest absolute Gasteiger partial charge is 0.262 e. The molecule has 2 heterocycles. The van der Waals surface area contributed by atoms with Crippen molar-refractivity contribution in [3.63, 3.8) is 0 Å². The number of pyridine rings is 1. The molecule has 3 rings (SSSR count). The van der Waals surface area contributed by atoms with E-state index >= 15 is 0 Å². The largest absolute Gasteiger partial charge is 0.457 e. The predicted octanol–water partition coefficient (Wildman–Crippen LogP) is 1.14. The molecule has 2 N–H and O–H groups in total. The lowest BCUT2D eigenvalue weighted by Gasteiger charge is -2.21. The van der Waals surface area contributed by atoms with Crippen molar-refractivity contribution in [2.45, 2.75) is 17.4 Å². The lowest BCUT2D eigenvalue weighted by atomic mass is 10.2. The number of benzene rings is 1. The van der Waals surface area contributed by atoms with Crippen LogP contribution >= 0.6 is 0 Å². The van der Waals surface area contributed by atoms with Crippen molar-refractivity contribution in [3.05, 3.63) is 48.8 Å². The van der Waals surface area contributed by atoms with Crippen LogP contribution in [0.1, 0.15) is 6.42 Å². The van der Waals surface area contributed by atoms with Gasteiger partial charge in [0.15, 0.2) is 0 Å². The molecule has 0 bridgehead atoms. The monoisotopic (exact) mass is 406 g/mol. The maximum Gasteiger partial charge on any atom is 0.262 e. The van der Waals surface area contributed by atoms with E-state index in [1.165, 1.54) is 36.9 Å². The third-order valence-corrected chi connectivity index (χ3v) is 5.93. The number of nitrogens with zero attached hydrogens (tertiary/aromatic N) is 3. The average Bonchev–Trinajstić information content (AvgIpc) is 3.14. The number of hydrogen-bond donors (Lipinski definition) is 2. The van der Waals surface area contributed by atoms with Gasteiger partial charge in [0.1, 0.15) is 24.7 Å². The molecule has 28 heavy (non-hydrogen) atoms. The van der Waals surface area contributed by atoms with Crippen molar-refractivity contribution in [2.75, 3.05) is 13.7 Å². The summed E-state index contributed by atoms with van der Waals surface area (Å²) in [4.78, 5) is 20.5. The van der Waals surface area contributed by atoms with Crippen molar-refractivity contribution in [3.8, 4) is 11.5 Å². The number of hydrogen-bond acceptors (Lipinski definition) is 8. The third-order valence-electron chi connectivity index (χ3n) is 4.06. The molecule has 1 atom stereocenters. The number of ether oxygens (including phenoxy) is 1. The summed E-state index contributed by atoms with van der Waals surface area (Å²) in [6.07, 6.45) is 3.17. The van der Waals surface area contributed by atoms with Gasteiger partial charge in [-0.25, -0.2) is 13.9 Å². The molecular weight excluding hydrogens is 388 g/mol. The zero-order valence-electron chi connectivity index (χ0n) is 14.8. The molecule has 1 fully saturated rings. The first-order valence-corrected chi connectivity index (χ1v) is 9.62. The number of nitrogens with one attached hydrogen (secondary N) is 1. The van der Waals surface area contributed by atoms with Crippen LogP contribution in [0.5, 0.6) is 11.5 Å². The number of hydroxylamine groups is 1. The Hall–Kier alpha value is -3.02. The standard InChI is InChI=1S/C17H18N4O6S/c1-26-20-12-10-16(17(22)19-23)21(11-12)28(24,25)15-4-2-13(3-5-15)27-14-6-8-18-9-7-14/h2-9,16,23H,10-11H2,1H3,(H,19,22). The highest BCUT2D eigenvalue weighted by Gasteiger charge is 2.42. The van der Waals surface area contributed by atoms with Gasteiger partial charge in [0, 0.05) is 18.8 Å². The molecule has 1 unspecified atom stereocenters. The van der Waals surface area contributed by atoms with E-state index in [1.807, 2.05) is 0 Å². The fourth-order valence-corrected chi connectivity index (χ4v) is 4.36. The van der Waals surface area contributed by atoms with Crippen LogP contribution in [0.2, 0.25) is 0 Å².